The van der Waals surface area contributed by atoms with Gasteiger partial charge in [-0.15, -0.1) is 0 Å². The predicted octanol–water partition coefficient (Wildman–Crippen LogP) is 9.00. The number of esters is 2. The van der Waals surface area contributed by atoms with Crippen LogP contribution in [0.3, 0.4) is 0 Å². The van der Waals surface area contributed by atoms with Gasteiger partial charge in [0.05, 0.1) is 57.9 Å². The molecule has 5 aromatic carbocycles. The van der Waals surface area contributed by atoms with E-state index in [1.54, 1.807) is 70.7 Å². The van der Waals surface area contributed by atoms with E-state index in [9.17, 15) is 14.4 Å². The summed E-state index contributed by atoms with van der Waals surface area (Å²) in [6, 6.07) is 42.0. The molecule has 0 aromatic heterocycles. The van der Waals surface area contributed by atoms with Crippen LogP contribution in [0.1, 0.15) is 76.6 Å². The van der Waals surface area contributed by atoms with Gasteiger partial charge in [-0.1, -0.05) is 121 Å². The van der Waals surface area contributed by atoms with Crippen LogP contribution < -0.4 is 15.5 Å². The number of rotatable bonds is 22. The lowest BCUT2D eigenvalue weighted by Gasteiger charge is -2.38. The summed E-state index contributed by atoms with van der Waals surface area (Å²) in [6.07, 6.45) is -6.87. The van der Waals surface area contributed by atoms with E-state index < -0.39 is 96.9 Å². The quantitative estimate of drug-likeness (QED) is 0.0624. The molecule has 10 atom stereocenters. The second-order valence-corrected chi connectivity index (χ2v) is 20.5. The Kier molecular flexibility index (Phi) is 18.2. The number of nitrogens with zero attached hydrogens (tertiary/aromatic N) is 2. The lowest BCUT2D eigenvalue weighted by Crippen LogP contribution is -2.54. The van der Waals surface area contributed by atoms with Crippen molar-refractivity contribution in [3.8, 4) is 0 Å². The Hall–Kier alpha value is -6.74. The highest BCUT2D eigenvalue weighted by Gasteiger charge is 2.60. The largest absolute Gasteiger partial charge is 0.466 e. The van der Waals surface area contributed by atoms with E-state index in [4.69, 9.17) is 47.4 Å². The van der Waals surface area contributed by atoms with Gasteiger partial charge in [0.25, 0.3) is 0 Å². The van der Waals surface area contributed by atoms with Crippen LogP contribution in [-0.2, 0) is 83.3 Å². The minimum Gasteiger partial charge on any atom is -0.466 e. The molecule has 78 heavy (non-hydrogen) atoms. The summed E-state index contributed by atoms with van der Waals surface area (Å²) in [7, 11) is 0. The van der Waals surface area contributed by atoms with Gasteiger partial charge in [-0.05, 0) is 88.1 Å². The fraction of sp³-hybridized carbons (Fsp3) is 0.433. The van der Waals surface area contributed by atoms with Gasteiger partial charge >= 0.3 is 24.0 Å². The molecule has 0 bridgehead atoms. The summed E-state index contributed by atoms with van der Waals surface area (Å²) in [5, 5.41) is 6.17. The number of hydrogen-bond acceptors (Lipinski definition) is 14. The third-order valence-electron chi connectivity index (χ3n) is 13.8. The Balaban J connectivity index is 0.995. The van der Waals surface area contributed by atoms with Gasteiger partial charge in [0.1, 0.15) is 36.6 Å². The van der Waals surface area contributed by atoms with E-state index in [1.165, 1.54) is 4.90 Å². The summed E-state index contributed by atoms with van der Waals surface area (Å²) < 4.78 is 62.4. The normalized spacial score (nSPS) is 24.3. The molecule has 4 amide bonds. The maximum Gasteiger partial charge on any atom is 0.322 e. The van der Waals surface area contributed by atoms with E-state index in [0.717, 1.165) is 22.3 Å². The first-order valence-corrected chi connectivity index (χ1v) is 26.6. The van der Waals surface area contributed by atoms with Crippen molar-refractivity contribution < 1.29 is 66.5 Å². The Morgan fingerprint density at radius 3 is 1.49 bits per heavy atom. The molecule has 4 fully saturated rings. The van der Waals surface area contributed by atoms with Gasteiger partial charge < -0.3 is 62.9 Å². The Morgan fingerprint density at radius 2 is 0.987 bits per heavy atom. The van der Waals surface area contributed by atoms with Crippen LogP contribution in [-0.4, -0.2) is 115 Å². The lowest BCUT2D eigenvalue weighted by molar-refractivity contribution is -0.226. The van der Waals surface area contributed by atoms with Gasteiger partial charge in [-0.2, -0.15) is 0 Å². The number of fused-ring (bicyclic) bond motifs is 2. The van der Waals surface area contributed by atoms with Crippen molar-refractivity contribution in [3.05, 3.63) is 168 Å². The van der Waals surface area contributed by atoms with Gasteiger partial charge in [0.2, 0.25) is 0 Å². The van der Waals surface area contributed by atoms with Crippen molar-refractivity contribution in [2.24, 2.45) is 0 Å². The number of urea groups is 2. The fourth-order valence-electron chi connectivity index (χ4n) is 10.3. The van der Waals surface area contributed by atoms with Crippen molar-refractivity contribution >= 4 is 35.4 Å². The monoisotopic (exact) mass is 1070 g/mol. The molecule has 9 rings (SSSR count). The zero-order chi connectivity index (χ0) is 54.8. The zero-order valence-electron chi connectivity index (χ0n) is 44.9. The minimum absolute atomic E-state index is 0.0704. The summed E-state index contributed by atoms with van der Waals surface area (Å²) in [6.45, 7) is 11.5. The zero-order valence-corrected chi connectivity index (χ0v) is 44.9. The predicted molar refractivity (Wildman–Crippen MR) is 286 cm³/mol. The van der Waals surface area contributed by atoms with Gasteiger partial charge in [-0.25, -0.2) is 9.59 Å². The van der Waals surface area contributed by atoms with Crippen molar-refractivity contribution in [1.82, 2.24) is 10.2 Å². The van der Waals surface area contributed by atoms with Crippen LogP contribution in [0, 0.1) is 0 Å². The van der Waals surface area contributed by atoms with Crippen LogP contribution in [0.25, 0.3) is 0 Å². The topological polar surface area (TPSA) is 191 Å². The molecule has 5 aromatic rings. The summed E-state index contributed by atoms with van der Waals surface area (Å²) in [5.74, 6) is -3.03. The van der Waals surface area contributed by atoms with Crippen LogP contribution >= 0.6 is 0 Å². The Labute approximate surface area is 455 Å². The molecule has 4 unspecified atom stereocenters. The van der Waals surface area contributed by atoms with Gasteiger partial charge in [0.15, 0.2) is 24.2 Å². The average Bonchev–Trinajstić information content (AvgIpc) is 4.35. The lowest BCUT2D eigenvalue weighted by atomic mass is 9.98. The van der Waals surface area contributed by atoms with Crippen molar-refractivity contribution in [1.29, 1.82) is 0 Å². The number of carbonyl (C=O) groups excluding carboxylic acids is 4. The molecule has 0 radical (unpaired) electrons. The number of ether oxygens (including phenoxy) is 10. The summed E-state index contributed by atoms with van der Waals surface area (Å²) >= 11 is 0. The number of hydrogen-bond donors (Lipinski definition) is 2. The maximum absolute atomic E-state index is 15.1. The molecule has 2 N–H and O–H groups in total. The van der Waals surface area contributed by atoms with E-state index in [1.807, 2.05) is 121 Å². The number of amides is 4. The smallest absolute Gasteiger partial charge is 0.322 e. The molecule has 414 valence electrons. The molecular formula is C60H70N4O14. The second-order valence-electron chi connectivity index (χ2n) is 20.5. The first kappa shape index (κ1) is 56.0. The molecule has 18 heteroatoms. The first-order valence-electron chi connectivity index (χ1n) is 26.6. The standard InChI is InChI=1S/C60H70N4O14/c1-7-69-47(65)33-45(49-51(71-37-41-25-17-11-18-26-41)53-55(73-49)77-59(3,4)75-53)62-58(68)63(35-39-21-13-9-14-22-39)44-31-29-43(30-32-44)61-57(67)64(36-40-23-15-10-16-24-40)46(34-48(66)70-8-2)50-52(72-38-42-27-19-12-20-28-42)54-56(74-50)78-60(5,6)76-54/h9-32,45-46,49-56H,7-8,33-38H2,1-6H3,(H,61,67)(H,62,68)/t45?,46?,49?,50?,51-,52+,53+,54-,55+,56-/m0/s1. The number of benzene rings is 5. The fourth-order valence-corrected chi connectivity index (χ4v) is 10.3. The molecule has 4 aliphatic rings. The van der Waals surface area contributed by atoms with Gasteiger partial charge in [-0.3, -0.25) is 14.5 Å². The molecule has 4 saturated heterocycles. The van der Waals surface area contributed by atoms with Crippen LogP contribution in [0.4, 0.5) is 21.0 Å². The maximum atomic E-state index is 15.1. The molecule has 18 nitrogen and oxygen atoms in total. The molecule has 4 aliphatic heterocycles. The van der Waals surface area contributed by atoms with Crippen LogP contribution in [0.5, 0.6) is 0 Å². The molecular weight excluding hydrogens is 1000 g/mol. The average molecular weight is 1070 g/mol. The number of carbonyl (C=O) groups is 4. The molecule has 0 aliphatic carbocycles. The minimum atomic E-state index is -0.979. The number of nitrogens with one attached hydrogen (secondary N) is 2. The first-order chi connectivity index (χ1) is 37.7. The second kappa shape index (κ2) is 25.4. The third-order valence-corrected chi connectivity index (χ3v) is 13.8. The third kappa shape index (κ3) is 14.1. The van der Waals surface area contributed by atoms with E-state index in [-0.39, 0.29) is 52.4 Å². The van der Waals surface area contributed by atoms with Crippen LogP contribution in [0.2, 0.25) is 0 Å². The van der Waals surface area contributed by atoms with E-state index in [2.05, 4.69) is 10.6 Å². The highest BCUT2D eigenvalue weighted by atomic mass is 16.9. The molecule has 0 spiro atoms. The highest BCUT2D eigenvalue weighted by Crippen LogP contribution is 2.43. The van der Waals surface area contributed by atoms with Crippen molar-refractivity contribution in [2.75, 3.05) is 23.4 Å². The van der Waals surface area contributed by atoms with Crippen molar-refractivity contribution in [2.45, 2.75) is 154 Å². The molecule has 4 heterocycles. The van der Waals surface area contributed by atoms with Gasteiger partial charge in [0, 0.05) is 17.9 Å². The number of anilines is 2. The van der Waals surface area contributed by atoms with E-state index in [0.29, 0.717) is 11.4 Å². The summed E-state index contributed by atoms with van der Waals surface area (Å²) in [5.41, 5.74) is 4.29. The Bertz CT molecular complexity index is 2760. The summed E-state index contributed by atoms with van der Waals surface area (Å²) in [4.78, 5) is 60.1. The molecule has 0 saturated carbocycles. The van der Waals surface area contributed by atoms with Crippen molar-refractivity contribution in [3.63, 3.8) is 0 Å². The van der Waals surface area contributed by atoms with Crippen LogP contribution in [0.15, 0.2) is 146 Å². The SMILES string of the molecule is CCOC(=O)CC(NC(=O)N(Cc1ccccc1)c1ccc(NC(=O)N(Cc2ccccc2)C(CC(=O)OCC)C2O[C@H]3OC(C)(C)O[C@H]3[C@@H]2OCc2ccccc2)cc1)C1O[C@@H]2OC(C)(C)O[C@@H]2[C@H]1OCc1ccccc1. The van der Waals surface area contributed by atoms with E-state index >= 15 is 4.79 Å². The highest BCUT2D eigenvalue weighted by molar-refractivity contribution is 5.94. The Morgan fingerprint density at radius 1 is 0.538 bits per heavy atom.